The third kappa shape index (κ3) is 3.17. The summed E-state index contributed by atoms with van der Waals surface area (Å²) in [6.07, 6.45) is 0. The summed E-state index contributed by atoms with van der Waals surface area (Å²) in [6, 6.07) is 4.66. The molecule has 0 aliphatic carbocycles. The zero-order chi connectivity index (χ0) is 9.90. The summed E-state index contributed by atoms with van der Waals surface area (Å²) in [5, 5.41) is 0.233. The molecule has 2 N–H and O–H groups in total. The summed E-state index contributed by atoms with van der Waals surface area (Å²) in [7, 11) is -2.21. The van der Waals surface area contributed by atoms with Crippen LogP contribution in [0, 0.1) is 0 Å². The number of rotatable bonds is 3. The maximum atomic E-state index is 11.0. The van der Waals surface area contributed by atoms with Gasteiger partial charge in [0.05, 0.1) is 0 Å². The molecule has 7 heteroatoms. The summed E-state index contributed by atoms with van der Waals surface area (Å²) in [6.45, 7) is 0. The molecule has 0 atom stereocenters. The molecule has 72 valence electrons. The zero-order valence-electron chi connectivity index (χ0n) is 6.78. The molecule has 0 aliphatic rings. The van der Waals surface area contributed by atoms with Crippen molar-refractivity contribution in [1.82, 2.24) is 9.71 Å². The molecular weight excluding hydrogens is 214 g/mol. The highest BCUT2D eigenvalue weighted by molar-refractivity contribution is 7.90. The number of hydrogen-bond donors (Lipinski definition) is 2. The normalized spacial score (nSPS) is 11.2. The Morgan fingerprint density at radius 3 is 2.69 bits per heavy atom. The van der Waals surface area contributed by atoms with Gasteiger partial charge in [-0.25, -0.2) is 9.71 Å². The number of anilines is 1. The third-order valence-electron chi connectivity index (χ3n) is 1.22. The van der Waals surface area contributed by atoms with E-state index in [1.165, 1.54) is 13.1 Å². The highest BCUT2D eigenvalue weighted by atomic mass is 35.5. The van der Waals surface area contributed by atoms with Crippen molar-refractivity contribution in [3.05, 3.63) is 23.4 Å². The molecule has 0 spiro atoms. The number of nitrogens with zero attached hydrogens (tertiary/aromatic N) is 1. The summed E-state index contributed by atoms with van der Waals surface area (Å²) in [5.74, 6) is 0.182. The fourth-order valence-corrected chi connectivity index (χ4v) is 1.31. The van der Waals surface area contributed by atoms with E-state index in [1.807, 2.05) is 0 Å². The topological polar surface area (TPSA) is 71.1 Å². The minimum Gasteiger partial charge on any atom is -0.255 e. The predicted octanol–water partition coefficient (Wildman–Crippen LogP) is 0.611. The van der Waals surface area contributed by atoms with Crippen LogP contribution in [0.5, 0.6) is 0 Å². The number of hydrogen-bond acceptors (Lipinski definition) is 3. The molecule has 0 aromatic carbocycles. The molecule has 0 fully saturated rings. The van der Waals surface area contributed by atoms with Gasteiger partial charge in [-0.3, -0.25) is 4.72 Å². The van der Waals surface area contributed by atoms with E-state index in [4.69, 9.17) is 11.6 Å². The Bertz CT molecular complexity index is 393. The second-order valence-electron chi connectivity index (χ2n) is 2.16. The Hall–Kier alpha value is -0.850. The SMILES string of the molecule is CNS(=O)(=O)Nc1cccc(Cl)n1. The fourth-order valence-electron chi connectivity index (χ4n) is 0.654. The first-order valence-corrected chi connectivity index (χ1v) is 5.23. The van der Waals surface area contributed by atoms with Gasteiger partial charge in [0.2, 0.25) is 0 Å². The Morgan fingerprint density at radius 1 is 1.46 bits per heavy atom. The lowest BCUT2D eigenvalue weighted by Gasteiger charge is -2.04. The molecular formula is C6H8ClN3O2S. The van der Waals surface area contributed by atoms with Gasteiger partial charge in [-0.05, 0) is 12.1 Å². The van der Waals surface area contributed by atoms with Crippen LogP contribution >= 0.6 is 11.6 Å². The predicted molar refractivity (Wildman–Crippen MR) is 50.8 cm³/mol. The number of pyridine rings is 1. The van der Waals surface area contributed by atoms with Crippen LogP contribution in [-0.2, 0) is 10.2 Å². The lowest BCUT2D eigenvalue weighted by molar-refractivity contribution is 0.593. The first-order chi connectivity index (χ1) is 6.03. The van der Waals surface area contributed by atoms with Crippen LogP contribution in [0.4, 0.5) is 5.82 Å². The zero-order valence-corrected chi connectivity index (χ0v) is 8.35. The molecule has 0 aliphatic heterocycles. The highest BCUT2D eigenvalue weighted by Gasteiger charge is 2.06. The van der Waals surface area contributed by atoms with E-state index in [2.05, 4.69) is 14.4 Å². The molecule has 13 heavy (non-hydrogen) atoms. The van der Waals surface area contributed by atoms with E-state index in [-0.39, 0.29) is 11.0 Å². The van der Waals surface area contributed by atoms with Crippen molar-refractivity contribution < 1.29 is 8.42 Å². The molecule has 0 radical (unpaired) electrons. The van der Waals surface area contributed by atoms with E-state index in [9.17, 15) is 8.42 Å². The van der Waals surface area contributed by atoms with Gasteiger partial charge < -0.3 is 0 Å². The number of nitrogens with one attached hydrogen (secondary N) is 2. The summed E-state index contributed by atoms with van der Waals surface area (Å²) in [5.41, 5.74) is 0. The summed E-state index contributed by atoms with van der Waals surface area (Å²) >= 11 is 5.55. The van der Waals surface area contributed by atoms with E-state index in [1.54, 1.807) is 12.1 Å². The Morgan fingerprint density at radius 2 is 2.15 bits per heavy atom. The molecule has 0 bridgehead atoms. The molecule has 5 nitrogen and oxygen atoms in total. The molecule has 0 amide bonds. The van der Waals surface area contributed by atoms with Crippen LogP contribution < -0.4 is 9.44 Å². The molecule has 1 rings (SSSR count). The van der Waals surface area contributed by atoms with E-state index in [0.717, 1.165) is 0 Å². The molecule has 0 unspecified atom stereocenters. The average molecular weight is 222 g/mol. The van der Waals surface area contributed by atoms with Crippen molar-refractivity contribution in [3.63, 3.8) is 0 Å². The minimum absolute atomic E-state index is 0.182. The van der Waals surface area contributed by atoms with Gasteiger partial charge in [0, 0.05) is 7.05 Å². The van der Waals surface area contributed by atoms with Crippen molar-refractivity contribution in [3.8, 4) is 0 Å². The lowest BCUT2D eigenvalue weighted by atomic mass is 10.5. The Labute approximate surface area is 81.3 Å². The number of aromatic nitrogens is 1. The monoisotopic (exact) mass is 221 g/mol. The molecule has 1 heterocycles. The first-order valence-electron chi connectivity index (χ1n) is 3.37. The Balaban J connectivity index is 2.87. The maximum Gasteiger partial charge on any atom is 0.300 e. The smallest absolute Gasteiger partial charge is 0.255 e. The fraction of sp³-hybridized carbons (Fsp3) is 0.167. The first kappa shape index (κ1) is 10.2. The van der Waals surface area contributed by atoms with Crippen LogP contribution in [0.25, 0.3) is 0 Å². The highest BCUT2D eigenvalue weighted by Crippen LogP contribution is 2.09. The van der Waals surface area contributed by atoms with Crippen LogP contribution in [0.1, 0.15) is 0 Å². The van der Waals surface area contributed by atoms with Gasteiger partial charge in [-0.1, -0.05) is 17.7 Å². The second kappa shape index (κ2) is 3.91. The van der Waals surface area contributed by atoms with Crippen molar-refractivity contribution in [2.45, 2.75) is 0 Å². The molecule has 0 saturated carbocycles. The Kier molecular flexibility index (Phi) is 3.07. The van der Waals surface area contributed by atoms with Gasteiger partial charge in [-0.2, -0.15) is 8.42 Å². The minimum atomic E-state index is -3.51. The van der Waals surface area contributed by atoms with Gasteiger partial charge in [0.15, 0.2) is 0 Å². The largest absolute Gasteiger partial charge is 0.300 e. The maximum absolute atomic E-state index is 11.0. The van der Waals surface area contributed by atoms with Gasteiger partial charge in [0.1, 0.15) is 11.0 Å². The van der Waals surface area contributed by atoms with E-state index in [0.29, 0.717) is 0 Å². The summed E-state index contributed by atoms with van der Waals surface area (Å²) < 4.78 is 26.2. The van der Waals surface area contributed by atoms with Crippen LogP contribution in [0.15, 0.2) is 18.2 Å². The van der Waals surface area contributed by atoms with Crippen molar-refractivity contribution >= 4 is 27.6 Å². The van der Waals surface area contributed by atoms with Crippen molar-refractivity contribution in [2.75, 3.05) is 11.8 Å². The van der Waals surface area contributed by atoms with Crippen LogP contribution in [0.2, 0.25) is 5.15 Å². The molecule has 1 aromatic rings. The van der Waals surface area contributed by atoms with E-state index >= 15 is 0 Å². The third-order valence-corrected chi connectivity index (χ3v) is 2.45. The average Bonchev–Trinajstić information content (AvgIpc) is 2.03. The second-order valence-corrected chi connectivity index (χ2v) is 4.16. The number of halogens is 1. The van der Waals surface area contributed by atoms with Crippen molar-refractivity contribution in [1.29, 1.82) is 0 Å². The molecule has 1 aromatic heterocycles. The van der Waals surface area contributed by atoms with Gasteiger partial charge >= 0.3 is 0 Å². The lowest BCUT2D eigenvalue weighted by Crippen LogP contribution is -2.26. The van der Waals surface area contributed by atoms with Gasteiger partial charge in [-0.15, -0.1) is 0 Å². The van der Waals surface area contributed by atoms with Crippen LogP contribution in [0.3, 0.4) is 0 Å². The van der Waals surface area contributed by atoms with Gasteiger partial charge in [0.25, 0.3) is 10.2 Å². The summed E-state index contributed by atoms with van der Waals surface area (Å²) in [4.78, 5) is 3.74. The van der Waals surface area contributed by atoms with Crippen LogP contribution in [-0.4, -0.2) is 20.4 Å². The van der Waals surface area contributed by atoms with Crippen molar-refractivity contribution in [2.24, 2.45) is 0 Å². The molecule has 0 saturated heterocycles. The quantitative estimate of drug-likeness (QED) is 0.735. The van der Waals surface area contributed by atoms with E-state index < -0.39 is 10.2 Å². The standard InChI is InChI=1S/C6H8ClN3O2S/c1-8-13(11,12)10-6-4-2-3-5(7)9-6/h2-4,8H,1H3,(H,9,10).